The monoisotopic (exact) mass is 1070 g/mol. The predicted molar refractivity (Wildman–Crippen MR) is 327 cm³/mol. The first kappa shape index (κ1) is 57.3. The van der Waals surface area contributed by atoms with Crippen molar-refractivity contribution in [1.82, 2.24) is 0 Å². The van der Waals surface area contributed by atoms with Crippen molar-refractivity contribution in [1.29, 1.82) is 0 Å². The van der Waals surface area contributed by atoms with Crippen LogP contribution in [0.1, 0.15) is 176 Å². The largest absolute Gasteiger partial charge is 0.508 e. The van der Waals surface area contributed by atoms with Gasteiger partial charge in [-0.1, -0.05) is 195 Å². The number of para-hydroxylation sites is 2. The first-order chi connectivity index (χ1) is 37.5. The van der Waals surface area contributed by atoms with E-state index in [4.69, 9.17) is 9.47 Å². The summed E-state index contributed by atoms with van der Waals surface area (Å²) in [6, 6.07) is 60.7. The minimum absolute atomic E-state index is 0.0225. The van der Waals surface area contributed by atoms with Gasteiger partial charge >= 0.3 is 0 Å². The van der Waals surface area contributed by atoms with Crippen molar-refractivity contribution in [2.45, 2.75) is 166 Å². The van der Waals surface area contributed by atoms with Gasteiger partial charge in [-0.05, 0) is 174 Å². The van der Waals surface area contributed by atoms with Crippen molar-refractivity contribution in [2.24, 2.45) is 0 Å². The zero-order chi connectivity index (χ0) is 57.8. The van der Waals surface area contributed by atoms with Crippen LogP contribution in [0.3, 0.4) is 0 Å². The van der Waals surface area contributed by atoms with E-state index in [1.807, 2.05) is 72.8 Å². The lowest BCUT2D eigenvalue weighted by molar-refractivity contribution is 0.0324. The molecule has 0 spiro atoms. The quantitative estimate of drug-likeness (QED) is 0.140. The van der Waals surface area contributed by atoms with Crippen molar-refractivity contribution < 1.29 is 29.9 Å². The van der Waals surface area contributed by atoms with Crippen LogP contribution in [-0.2, 0) is 38.1 Å². The van der Waals surface area contributed by atoms with Gasteiger partial charge in [-0.15, -0.1) is 0 Å². The molecular weight excluding hydrogens is 985 g/mol. The van der Waals surface area contributed by atoms with Gasteiger partial charge in [0.05, 0.1) is 0 Å². The third-order valence-corrected chi connectivity index (χ3v) is 18.0. The van der Waals surface area contributed by atoms with Gasteiger partial charge in [-0.2, -0.15) is 0 Å². The standard InChI is InChI=1S/2C19H22O.2C18H20O2/c1-13-5-7-14(8-6-13)19(4)12-18(2,3)17-11-15(20)9-10-16(17)19;1-13-5-7-14(8-6-13)19(4)12-18(2,3)16-10-9-15(20)11-17(16)19;1-17(2)12-18(3,13-8-10-14(19)11-9-13)15-6-4-5-7-16(15)20-17;1-17(2)12-18(3,13-8-10-14(19)11-9-13)20-16-7-5-4-6-15(16)17/h2*5-11,20H,12H2,1-4H3;2*4-11,19H,12H2,1-3H3. The van der Waals surface area contributed by atoms with Crippen molar-refractivity contribution in [3.8, 4) is 34.5 Å². The Morgan fingerprint density at radius 2 is 0.662 bits per heavy atom. The van der Waals surface area contributed by atoms with Gasteiger partial charge in [0.25, 0.3) is 0 Å². The van der Waals surface area contributed by atoms with Gasteiger partial charge in [0.2, 0.25) is 0 Å². The molecule has 0 radical (unpaired) electrons. The molecule has 12 rings (SSSR count). The Morgan fingerprint density at radius 1 is 0.300 bits per heavy atom. The third-order valence-electron chi connectivity index (χ3n) is 18.0. The molecule has 8 aromatic carbocycles. The van der Waals surface area contributed by atoms with Crippen LogP contribution in [0, 0.1) is 13.8 Å². The highest BCUT2D eigenvalue weighted by Crippen LogP contribution is 2.56. The van der Waals surface area contributed by atoms with E-state index < -0.39 is 0 Å². The average Bonchev–Trinajstić information content (AvgIpc) is 3.73. The molecule has 0 fully saturated rings. The lowest BCUT2D eigenvalue weighted by Gasteiger charge is -2.44. The number of rotatable bonds is 4. The summed E-state index contributed by atoms with van der Waals surface area (Å²) in [6.45, 7) is 31.1. The highest BCUT2D eigenvalue weighted by Gasteiger charge is 2.48. The van der Waals surface area contributed by atoms with Crippen LogP contribution < -0.4 is 9.47 Å². The number of aryl methyl sites for hydroxylation is 2. The number of phenolic OH excluding ortho intramolecular Hbond substituents is 4. The Labute approximate surface area is 477 Å². The summed E-state index contributed by atoms with van der Waals surface area (Å²) < 4.78 is 12.4. The maximum Gasteiger partial charge on any atom is 0.132 e. The Hall–Kier alpha value is -7.44. The van der Waals surface area contributed by atoms with Crippen LogP contribution in [0.25, 0.3) is 0 Å². The highest BCUT2D eigenvalue weighted by atomic mass is 16.5. The molecule has 0 amide bonds. The fourth-order valence-corrected chi connectivity index (χ4v) is 14.3. The molecule has 0 saturated heterocycles. The normalized spacial score (nSPS) is 23.7. The van der Waals surface area contributed by atoms with E-state index in [1.54, 1.807) is 24.3 Å². The fourth-order valence-electron chi connectivity index (χ4n) is 14.3. The van der Waals surface area contributed by atoms with Crippen LogP contribution in [0.2, 0.25) is 0 Å². The Kier molecular flexibility index (Phi) is 15.0. The SMILES string of the molecule is CC1(C)CC(C)(c2ccc(O)cc2)Oc2ccccc21.CC1(C)CC(C)(c2ccc(O)cc2)c2ccccc2O1.Cc1ccc(C2(C)CC(C)(C)c3cc(O)ccc32)cc1.Cc1ccc(C2(C)CC(C)(C)c3ccc(O)cc32)cc1. The lowest BCUT2D eigenvalue weighted by Crippen LogP contribution is -2.43. The first-order valence-electron chi connectivity index (χ1n) is 28.5. The van der Waals surface area contributed by atoms with Gasteiger partial charge < -0.3 is 29.9 Å². The van der Waals surface area contributed by atoms with E-state index in [9.17, 15) is 20.4 Å². The third kappa shape index (κ3) is 11.2. The molecule has 6 heteroatoms. The second-order valence-corrected chi connectivity index (χ2v) is 26.8. The smallest absolute Gasteiger partial charge is 0.132 e. The van der Waals surface area contributed by atoms with Gasteiger partial charge in [0.1, 0.15) is 45.7 Å². The molecule has 4 aliphatic rings. The molecule has 2 aliphatic carbocycles. The zero-order valence-corrected chi connectivity index (χ0v) is 49.8. The summed E-state index contributed by atoms with van der Waals surface area (Å²) in [5.74, 6) is 3.23. The van der Waals surface area contributed by atoms with Crippen molar-refractivity contribution in [3.63, 3.8) is 0 Å². The van der Waals surface area contributed by atoms with Gasteiger partial charge in [0.15, 0.2) is 0 Å². The van der Waals surface area contributed by atoms with Crippen LogP contribution in [-0.4, -0.2) is 26.0 Å². The molecular formula is C74H84O6. The number of hydrogen-bond acceptors (Lipinski definition) is 6. The second kappa shape index (κ2) is 20.9. The molecule has 0 saturated carbocycles. The van der Waals surface area contributed by atoms with Gasteiger partial charge in [0, 0.05) is 34.7 Å². The van der Waals surface area contributed by atoms with Crippen molar-refractivity contribution in [2.75, 3.05) is 0 Å². The van der Waals surface area contributed by atoms with E-state index >= 15 is 0 Å². The van der Waals surface area contributed by atoms with E-state index in [0.717, 1.165) is 42.7 Å². The van der Waals surface area contributed by atoms with Gasteiger partial charge in [-0.3, -0.25) is 0 Å². The Morgan fingerprint density at radius 3 is 1.18 bits per heavy atom. The summed E-state index contributed by atoms with van der Waals surface area (Å²) in [5.41, 5.74) is 14.9. The highest BCUT2D eigenvalue weighted by molar-refractivity contribution is 5.56. The molecule has 4 N–H and O–H groups in total. The van der Waals surface area contributed by atoms with E-state index in [2.05, 4.69) is 182 Å². The summed E-state index contributed by atoms with van der Waals surface area (Å²) in [4.78, 5) is 0. The van der Waals surface area contributed by atoms with Crippen LogP contribution >= 0.6 is 0 Å². The molecule has 6 nitrogen and oxygen atoms in total. The minimum Gasteiger partial charge on any atom is -0.508 e. The van der Waals surface area contributed by atoms with Crippen LogP contribution in [0.15, 0.2) is 182 Å². The van der Waals surface area contributed by atoms with E-state index in [0.29, 0.717) is 17.2 Å². The molecule has 4 unspecified atom stereocenters. The minimum atomic E-state index is -0.369. The fraction of sp³-hybridized carbons (Fsp3) is 0.351. The lowest BCUT2D eigenvalue weighted by atomic mass is 9.68. The molecule has 2 heterocycles. The van der Waals surface area contributed by atoms with E-state index in [1.165, 1.54) is 61.2 Å². The molecule has 0 aromatic heterocycles. The number of hydrogen-bond donors (Lipinski definition) is 4. The molecule has 4 atom stereocenters. The molecule has 80 heavy (non-hydrogen) atoms. The number of ether oxygens (including phenoxy) is 2. The average molecular weight is 1070 g/mol. The maximum atomic E-state index is 9.89. The number of aromatic hydroxyl groups is 4. The Balaban J connectivity index is 0.000000129. The predicted octanol–water partition coefficient (Wildman–Crippen LogP) is 18.0. The van der Waals surface area contributed by atoms with Gasteiger partial charge in [-0.25, -0.2) is 0 Å². The van der Waals surface area contributed by atoms with Crippen molar-refractivity contribution in [3.05, 3.63) is 249 Å². The molecule has 416 valence electrons. The van der Waals surface area contributed by atoms with Crippen LogP contribution in [0.4, 0.5) is 0 Å². The number of fused-ring (bicyclic) bond motifs is 4. The molecule has 8 aromatic rings. The second-order valence-electron chi connectivity index (χ2n) is 26.8. The first-order valence-corrected chi connectivity index (χ1v) is 28.5. The maximum absolute atomic E-state index is 9.89. The van der Waals surface area contributed by atoms with E-state index in [-0.39, 0.29) is 49.4 Å². The summed E-state index contributed by atoms with van der Waals surface area (Å²) in [5, 5.41) is 38.7. The Bertz CT molecular complexity index is 3500. The summed E-state index contributed by atoms with van der Waals surface area (Å²) in [7, 11) is 0. The molecule has 2 aliphatic heterocycles. The summed E-state index contributed by atoms with van der Waals surface area (Å²) in [6.07, 6.45) is 3.95. The summed E-state index contributed by atoms with van der Waals surface area (Å²) >= 11 is 0. The number of phenols is 4. The topological polar surface area (TPSA) is 99.4 Å². The number of benzene rings is 8. The molecule has 0 bridgehead atoms. The van der Waals surface area contributed by atoms with Crippen molar-refractivity contribution >= 4 is 0 Å². The van der Waals surface area contributed by atoms with Crippen LogP contribution in [0.5, 0.6) is 34.5 Å². The zero-order valence-electron chi connectivity index (χ0n) is 49.8.